The van der Waals surface area contributed by atoms with Crippen molar-refractivity contribution in [2.24, 2.45) is 0 Å². The Hall–Kier alpha value is -1.91. The highest BCUT2D eigenvalue weighted by molar-refractivity contribution is 5.94. The molecule has 0 fully saturated rings. The molecule has 0 aliphatic carbocycles. The molecule has 0 atom stereocenters. The van der Waals surface area contributed by atoms with E-state index in [1.165, 1.54) is 17.0 Å². The van der Waals surface area contributed by atoms with Crippen LogP contribution in [0.4, 0.5) is 4.39 Å². The third-order valence-corrected chi connectivity index (χ3v) is 2.05. The molecule has 1 aromatic carbocycles. The zero-order valence-corrected chi connectivity index (χ0v) is 9.03. The Bertz CT molecular complexity index is 429. The molecule has 86 valence electrons. The maximum absolute atomic E-state index is 13.4. The Kier molecular flexibility index (Phi) is 3.60. The maximum Gasteiger partial charge on any atom is 0.307 e. The first-order chi connectivity index (χ1) is 7.41. The molecule has 0 bridgehead atoms. The van der Waals surface area contributed by atoms with Crippen molar-refractivity contribution >= 4 is 11.9 Å². The van der Waals surface area contributed by atoms with Crippen molar-refractivity contribution in [3.8, 4) is 0 Å². The van der Waals surface area contributed by atoms with Crippen LogP contribution in [0.25, 0.3) is 0 Å². The Morgan fingerprint density at radius 3 is 2.44 bits per heavy atom. The zero-order chi connectivity index (χ0) is 12.3. The number of aliphatic carboxylic acids is 1. The molecule has 0 aromatic heterocycles. The van der Waals surface area contributed by atoms with E-state index in [2.05, 4.69) is 0 Å². The lowest BCUT2D eigenvalue weighted by Crippen LogP contribution is -2.21. The van der Waals surface area contributed by atoms with Crippen molar-refractivity contribution < 1.29 is 19.1 Å². The summed E-state index contributed by atoms with van der Waals surface area (Å²) in [6.45, 7) is 0. The molecule has 1 rings (SSSR count). The lowest BCUT2D eigenvalue weighted by molar-refractivity contribution is -0.136. The largest absolute Gasteiger partial charge is 0.481 e. The van der Waals surface area contributed by atoms with Crippen LogP contribution >= 0.6 is 0 Å². The minimum atomic E-state index is -1.11. The van der Waals surface area contributed by atoms with E-state index in [-0.39, 0.29) is 23.5 Å². The maximum atomic E-state index is 13.4. The van der Waals surface area contributed by atoms with E-state index in [9.17, 15) is 14.0 Å². The number of carboxylic acid groups (broad SMARTS) is 1. The molecule has 0 saturated heterocycles. The van der Waals surface area contributed by atoms with Gasteiger partial charge in [-0.1, -0.05) is 6.07 Å². The van der Waals surface area contributed by atoms with Gasteiger partial charge in [-0.25, -0.2) is 4.39 Å². The van der Waals surface area contributed by atoms with Crippen molar-refractivity contribution in [1.82, 2.24) is 4.90 Å². The van der Waals surface area contributed by atoms with Gasteiger partial charge < -0.3 is 10.0 Å². The van der Waals surface area contributed by atoms with Gasteiger partial charge in [0, 0.05) is 19.7 Å². The van der Waals surface area contributed by atoms with E-state index in [0.29, 0.717) is 0 Å². The highest BCUT2D eigenvalue weighted by Gasteiger charge is 2.12. The van der Waals surface area contributed by atoms with Crippen LogP contribution in [0.3, 0.4) is 0 Å². The van der Waals surface area contributed by atoms with E-state index in [1.807, 2.05) is 0 Å². The van der Waals surface area contributed by atoms with Crippen LogP contribution in [0.1, 0.15) is 15.9 Å². The molecule has 0 saturated carbocycles. The molecular formula is C11H12FNO3. The molecular weight excluding hydrogens is 213 g/mol. The summed E-state index contributed by atoms with van der Waals surface area (Å²) in [6.07, 6.45) is -0.387. The average Bonchev–Trinajstić information content (AvgIpc) is 2.19. The summed E-state index contributed by atoms with van der Waals surface area (Å²) in [5, 5.41) is 8.52. The highest BCUT2D eigenvalue weighted by atomic mass is 19.1. The first-order valence-corrected chi connectivity index (χ1v) is 4.63. The van der Waals surface area contributed by atoms with Gasteiger partial charge in [-0.05, 0) is 17.7 Å². The van der Waals surface area contributed by atoms with Crippen molar-refractivity contribution in [2.75, 3.05) is 14.1 Å². The fourth-order valence-electron chi connectivity index (χ4n) is 1.24. The van der Waals surface area contributed by atoms with Crippen molar-refractivity contribution in [2.45, 2.75) is 6.42 Å². The fourth-order valence-corrected chi connectivity index (χ4v) is 1.24. The van der Waals surface area contributed by atoms with Crippen LogP contribution in [0.5, 0.6) is 0 Å². The van der Waals surface area contributed by atoms with Gasteiger partial charge in [0.05, 0.1) is 6.42 Å². The smallest absolute Gasteiger partial charge is 0.307 e. The van der Waals surface area contributed by atoms with Gasteiger partial charge in [0.1, 0.15) is 5.82 Å². The predicted octanol–water partition coefficient (Wildman–Crippen LogP) is 1.15. The molecule has 0 radical (unpaired) electrons. The van der Waals surface area contributed by atoms with E-state index in [1.54, 1.807) is 14.1 Å². The van der Waals surface area contributed by atoms with Crippen LogP contribution < -0.4 is 0 Å². The minimum Gasteiger partial charge on any atom is -0.481 e. The van der Waals surface area contributed by atoms with Crippen LogP contribution in [0.15, 0.2) is 18.2 Å². The standard InChI is InChI=1S/C11H12FNO3/c1-13(2)11(16)8-4-3-7(6-10(14)15)9(12)5-8/h3-5H,6H2,1-2H3,(H,14,15). The number of carbonyl (C=O) groups excluding carboxylic acids is 1. The summed E-state index contributed by atoms with van der Waals surface area (Å²) in [4.78, 5) is 23.2. The summed E-state index contributed by atoms with van der Waals surface area (Å²) in [6, 6.07) is 3.80. The minimum absolute atomic E-state index is 0.0720. The number of amides is 1. The van der Waals surface area contributed by atoms with Gasteiger partial charge >= 0.3 is 5.97 Å². The van der Waals surface area contributed by atoms with E-state index >= 15 is 0 Å². The zero-order valence-electron chi connectivity index (χ0n) is 9.03. The van der Waals surface area contributed by atoms with Gasteiger partial charge in [0.25, 0.3) is 5.91 Å². The normalized spacial score (nSPS) is 9.94. The number of nitrogens with zero attached hydrogens (tertiary/aromatic N) is 1. The van der Waals surface area contributed by atoms with Crippen molar-refractivity contribution in [3.63, 3.8) is 0 Å². The van der Waals surface area contributed by atoms with Crippen molar-refractivity contribution in [1.29, 1.82) is 0 Å². The molecule has 0 aliphatic heterocycles. The average molecular weight is 225 g/mol. The Morgan fingerprint density at radius 1 is 1.38 bits per heavy atom. The second-order valence-electron chi connectivity index (χ2n) is 3.58. The number of halogens is 1. The SMILES string of the molecule is CN(C)C(=O)c1ccc(CC(=O)O)c(F)c1. The van der Waals surface area contributed by atoms with Crippen LogP contribution in [-0.2, 0) is 11.2 Å². The van der Waals surface area contributed by atoms with Gasteiger partial charge in [-0.2, -0.15) is 0 Å². The summed E-state index contributed by atoms with van der Waals surface area (Å²) >= 11 is 0. The van der Waals surface area contributed by atoms with Crippen molar-refractivity contribution in [3.05, 3.63) is 35.1 Å². The number of rotatable bonds is 3. The number of carboxylic acids is 1. The molecule has 5 heteroatoms. The highest BCUT2D eigenvalue weighted by Crippen LogP contribution is 2.12. The van der Waals surface area contributed by atoms with Gasteiger partial charge in [-0.15, -0.1) is 0 Å². The summed E-state index contributed by atoms with van der Waals surface area (Å²) in [5.74, 6) is -2.10. The molecule has 0 spiro atoms. The van der Waals surface area contributed by atoms with Crippen LogP contribution in [-0.4, -0.2) is 36.0 Å². The quantitative estimate of drug-likeness (QED) is 0.839. The number of benzene rings is 1. The molecule has 16 heavy (non-hydrogen) atoms. The van der Waals surface area contributed by atoms with E-state index in [0.717, 1.165) is 6.07 Å². The molecule has 4 nitrogen and oxygen atoms in total. The van der Waals surface area contributed by atoms with Gasteiger partial charge in [0.2, 0.25) is 0 Å². The molecule has 0 unspecified atom stereocenters. The summed E-state index contributed by atoms with van der Waals surface area (Å²) in [5.41, 5.74) is 0.277. The van der Waals surface area contributed by atoms with Gasteiger partial charge in [-0.3, -0.25) is 9.59 Å². The van der Waals surface area contributed by atoms with Gasteiger partial charge in [0.15, 0.2) is 0 Å². The Balaban J connectivity index is 2.99. The predicted molar refractivity (Wildman–Crippen MR) is 55.8 cm³/mol. The van der Waals surface area contributed by atoms with E-state index in [4.69, 9.17) is 5.11 Å². The lowest BCUT2D eigenvalue weighted by Gasteiger charge is -2.10. The second kappa shape index (κ2) is 4.74. The molecule has 1 aromatic rings. The van der Waals surface area contributed by atoms with Crippen LogP contribution in [0.2, 0.25) is 0 Å². The number of hydrogen-bond acceptors (Lipinski definition) is 2. The second-order valence-corrected chi connectivity index (χ2v) is 3.58. The summed E-state index contributed by atoms with van der Waals surface area (Å²) in [7, 11) is 3.12. The molecule has 0 aliphatic rings. The number of carbonyl (C=O) groups is 2. The van der Waals surface area contributed by atoms with E-state index < -0.39 is 11.8 Å². The third kappa shape index (κ3) is 2.79. The first-order valence-electron chi connectivity index (χ1n) is 4.63. The third-order valence-electron chi connectivity index (χ3n) is 2.05. The van der Waals surface area contributed by atoms with Crippen LogP contribution in [0, 0.1) is 5.82 Å². The Morgan fingerprint density at radius 2 is 2.00 bits per heavy atom. The molecule has 1 N–H and O–H groups in total. The number of hydrogen-bond donors (Lipinski definition) is 1. The topological polar surface area (TPSA) is 57.6 Å². The fraction of sp³-hybridized carbons (Fsp3) is 0.273. The molecule has 0 heterocycles. The monoisotopic (exact) mass is 225 g/mol. The Labute approximate surface area is 92.3 Å². The molecule has 1 amide bonds. The summed E-state index contributed by atoms with van der Waals surface area (Å²) < 4.78 is 13.4. The first kappa shape index (κ1) is 12.2. The lowest BCUT2D eigenvalue weighted by atomic mass is 10.1.